The summed E-state index contributed by atoms with van der Waals surface area (Å²) in [4.78, 5) is 17.8. The smallest absolute Gasteiger partial charge is 0.276 e. The lowest BCUT2D eigenvalue weighted by molar-refractivity contribution is 0.862. The predicted molar refractivity (Wildman–Crippen MR) is 72.5 cm³/mol. The maximum absolute atomic E-state index is 11.4. The van der Waals surface area contributed by atoms with Gasteiger partial charge in [0.05, 0.1) is 12.4 Å². The maximum Gasteiger partial charge on any atom is 0.276 e. The van der Waals surface area contributed by atoms with Crippen molar-refractivity contribution in [3.05, 3.63) is 52.1 Å². The number of H-pyrrole nitrogens is 1. The molecule has 0 bridgehead atoms. The fourth-order valence-corrected chi connectivity index (χ4v) is 1.88. The molecule has 4 N–H and O–H groups in total. The molecule has 0 radical (unpaired) electrons. The van der Waals surface area contributed by atoms with E-state index in [1.54, 1.807) is 0 Å². The number of rotatable bonds is 3. The Bertz CT molecular complexity index is 606. The first-order chi connectivity index (χ1) is 8.59. The average molecular weight is 244 g/mol. The number of nitrogens with one attached hydrogen (secondary N) is 2. The van der Waals surface area contributed by atoms with Gasteiger partial charge in [-0.05, 0) is 25.0 Å². The van der Waals surface area contributed by atoms with E-state index in [2.05, 4.69) is 15.3 Å². The number of nitrogens with zero attached hydrogens (tertiary/aromatic N) is 1. The standard InChI is InChI=1S/C13H16N4O/c1-8-5-3-4-6-10(8)9(2)17-12-11(14)13(18)16-7-15-12/h3-7,9H,14H2,1-2H3,(H2,15,16,17,18). The van der Waals surface area contributed by atoms with Crippen LogP contribution in [-0.4, -0.2) is 9.97 Å². The minimum atomic E-state index is -0.329. The molecule has 1 atom stereocenters. The van der Waals surface area contributed by atoms with Crippen LogP contribution in [0.5, 0.6) is 0 Å². The third-order valence-electron chi connectivity index (χ3n) is 2.90. The van der Waals surface area contributed by atoms with Gasteiger partial charge < -0.3 is 16.0 Å². The van der Waals surface area contributed by atoms with Crippen molar-refractivity contribution in [3.8, 4) is 0 Å². The van der Waals surface area contributed by atoms with E-state index in [0.717, 1.165) is 5.56 Å². The molecule has 0 spiro atoms. The van der Waals surface area contributed by atoms with Crippen molar-refractivity contribution in [2.75, 3.05) is 11.1 Å². The van der Waals surface area contributed by atoms with Crippen LogP contribution in [-0.2, 0) is 0 Å². The molecule has 0 amide bonds. The van der Waals surface area contributed by atoms with Gasteiger partial charge in [0.25, 0.3) is 5.56 Å². The fourth-order valence-electron chi connectivity index (χ4n) is 1.88. The van der Waals surface area contributed by atoms with Crippen LogP contribution >= 0.6 is 0 Å². The van der Waals surface area contributed by atoms with Crippen molar-refractivity contribution in [1.29, 1.82) is 0 Å². The first kappa shape index (κ1) is 12.2. The van der Waals surface area contributed by atoms with E-state index < -0.39 is 0 Å². The van der Waals surface area contributed by atoms with Gasteiger partial charge in [-0.25, -0.2) is 4.98 Å². The van der Waals surface area contributed by atoms with Crippen LogP contribution in [0.4, 0.5) is 11.5 Å². The Morgan fingerprint density at radius 3 is 2.83 bits per heavy atom. The van der Waals surface area contributed by atoms with E-state index >= 15 is 0 Å². The van der Waals surface area contributed by atoms with E-state index in [-0.39, 0.29) is 17.3 Å². The van der Waals surface area contributed by atoms with Crippen molar-refractivity contribution >= 4 is 11.5 Å². The van der Waals surface area contributed by atoms with Crippen molar-refractivity contribution in [1.82, 2.24) is 9.97 Å². The lowest BCUT2D eigenvalue weighted by atomic mass is 10.0. The second-order valence-corrected chi connectivity index (χ2v) is 4.22. The van der Waals surface area contributed by atoms with Crippen LogP contribution in [0.3, 0.4) is 0 Å². The lowest BCUT2D eigenvalue weighted by Crippen LogP contribution is -2.18. The Kier molecular flexibility index (Phi) is 3.32. The number of nitrogen functional groups attached to an aromatic ring is 1. The SMILES string of the molecule is Cc1ccccc1C(C)Nc1nc[nH]c(=O)c1N. The number of aryl methyl sites for hydroxylation is 1. The summed E-state index contributed by atoms with van der Waals surface area (Å²) in [6.07, 6.45) is 1.34. The topological polar surface area (TPSA) is 83.8 Å². The average Bonchev–Trinajstić information content (AvgIpc) is 2.35. The molecule has 5 heteroatoms. The van der Waals surface area contributed by atoms with E-state index in [1.807, 2.05) is 38.1 Å². The zero-order valence-corrected chi connectivity index (χ0v) is 10.4. The lowest BCUT2D eigenvalue weighted by Gasteiger charge is -2.17. The summed E-state index contributed by atoms with van der Waals surface area (Å²) in [6, 6.07) is 8.08. The first-order valence-corrected chi connectivity index (χ1v) is 5.75. The zero-order chi connectivity index (χ0) is 13.1. The van der Waals surface area contributed by atoms with E-state index in [1.165, 1.54) is 11.9 Å². The summed E-state index contributed by atoms with van der Waals surface area (Å²) in [5.74, 6) is 0.412. The minimum absolute atomic E-state index is 0.0304. The Hall–Kier alpha value is -2.30. The molecule has 0 aliphatic rings. The van der Waals surface area contributed by atoms with Crippen molar-refractivity contribution < 1.29 is 0 Å². The number of aromatic nitrogens is 2. The number of hydrogen-bond acceptors (Lipinski definition) is 4. The molecule has 1 unspecified atom stereocenters. The molecular weight excluding hydrogens is 228 g/mol. The third-order valence-corrected chi connectivity index (χ3v) is 2.90. The summed E-state index contributed by atoms with van der Waals surface area (Å²) in [5, 5.41) is 3.15. The molecule has 0 saturated carbocycles. The van der Waals surface area contributed by atoms with Gasteiger partial charge in [-0.3, -0.25) is 4.79 Å². The molecule has 2 rings (SSSR count). The summed E-state index contributed by atoms with van der Waals surface area (Å²) in [6.45, 7) is 4.05. The van der Waals surface area contributed by atoms with E-state index in [9.17, 15) is 4.79 Å². The molecule has 1 aromatic heterocycles. The van der Waals surface area contributed by atoms with Gasteiger partial charge >= 0.3 is 0 Å². The summed E-state index contributed by atoms with van der Waals surface area (Å²) in [5.41, 5.74) is 7.79. The second kappa shape index (κ2) is 4.91. The van der Waals surface area contributed by atoms with Crippen molar-refractivity contribution in [2.45, 2.75) is 19.9 Å². The van der Waals surface area contributed by atoms with Gasteiger partial charge in [0.2, 0.25) is 0 Å². The molecule has 0 aliphatic heterocycles. The molecule has 2 aromatic rings. The van der Waals surface area contributed by atoms with Gasteiger partial charge in [0.15, 0.2) is 5.82 Å². The van der Waals surface area contributed by atoms with Gasteiger partial charge in [-0.1, -0.05) is 24.3 Å². The van der Waals surface area contributed by atoms with Crippen molar-refractivity contribution in [3.63, 3.8) is 0 Å². The maximum atomic E-state index is 11.4. The zero-order valence-electron chi connectivity index (χ0n) is 10.4. The van der Waals surface area contributed by atoms with Crippen LogP contribution in [0.15, 0.2) is 35.4 Å². The number of hydrogen-bond donors (Lipinski definition) is 3. The number of anilines is 2. The number of aromatic amines is 1. The highest BCUT2D eigenvalue weighted by Crippen LogP contribution is 2.22. The van der Waals surface area contributed by atoms with Gasteiger partial charge in [0, 0.05) is 0 Å². The van der Waals surface area contributed by atoms with Gasteiger partial charge in [-0.15, -0.1) is 0 Å². The van der Waals surface area contributed by atoms with E-state index in [0.29, 0.717) is 5.82 Å². The Morgan fingerprint density at radius 1 is 1.39 bits per heavy atom. The highest BCUT2D eigenvalue weighted by Gasteiger charge is 2.11. The van der Waals surface area contributed by atoms with Crippen molar-refractivity contribution in [2.24, 2.45) is 0 Å². The normalized spacial score (nSPS) is 12.1. The molecule has 18 heavy (non-hydrogen) atoms. The summed E-state index contributed by atoms with van der Waals surface area (Å²) >= 11 is 0. The molecule has 94 valence electrons. The number of nitrogens with two attached hydrogens (primary N) is 1. The quantitative estimate of drug-likeness (QED) is 0.769. The van der Waals surface area contributed by atoms with Crippen LogP contribution in [0.2, 0.25) is 0 Å². The largest absolute Gasteiger partial charge is 0.391 e. The second-order valence-electron chi connectivity index (χ2n) is 4.22. The highest BCUT2D eigenvalue weighted by molar-refractivity contribution is 5.59. The molecule has 1 aromatic carbocycles. The van der Waals surface area contributed by atoms with E-state index in [4.69, 9.17) is 5.73 Å². The highest BCUT2D eigenvalue weighted by atomic mass is 16.1. The van der Waals surface area contributed by atoms with Crippen LogP contribution in [0.25, 0.3) is 0 Å². The van der Waals surface area contributed by atoms with Crippen LogP contribution in [0, 0.1) is 6.92 Å². The van der Waals surface area contributed by atoms with Crippen LogP contribution < -0.4 is 16.6 Å². The first-order valence-electron chi connectivity index (χ1n) is 5.75. The molecule has 0 saturated heterocycles. The molecule has 0 fully saturated rings. The monoisotopic (exact) mass is 244 g/mol. The Labute approximate surface area is 105 Å². The third kappa shape index (κ3) is 2.34. The molecule has 0 aliphatic carbocycles. The Balaban J connectivity index is 2.27. The molecule has 5 nitrogen and oxygen atoms in total. The molecular formula is C13H16N4O. The minimum Gasteiger partial charge on any atom is -0.391 e. The fraction of sp³-hybridized carbons (Fsp3) is 0.231. The summed E-state index contributed by atoms with van der Waals surface area (Å²) < 4.78 is 0. The predicted octanol–water partition coefficient (Wildman–Crippen LogP) is 1.83. The van der Waals surface area contributed by atoms with Crippen LogP contribution in [0.1, 0.15) is 24.1 Å². The van der Waals surface area contributed by atoms with Gasteiger partial charge in [0.1, 0.15) is 5.69 Å². The van der Waals surface area contributed by atoms with Gasteiger partial charge in [-0.2, -0.15) is 0 Å². The summed E-state index contributed by atoms with van der Waals surface area (Å²) in [7, 11) is 0. The Morgan fingerprint density at radius 2 is 2.11 bits per heavy atom. The molecule has 1 heterocycles. The number of benzene rings is 1.